The minimum absolute atomic E-state index is 0.177. The summed E-state index contributed by atoms with van der Waals surface area (Å²) < 4.78 is 0. The topological polar surface area (TPSA) is 38.4 Å². The van der Waals surface area contributed by atoms with Crippen molar-refractivity contribution < 1.29 is 0 Å². The Bertz CT molecular complexity index is 620. The van der Waals surface area contributed by atoms with Gasteiger partial charge in [0.05, 0.1) is 11.6 Å². The van der Waals surface area contributed by atoms with Crippen LogP contribution in [0.15, 0.2) is 53.5 Å². The van der Waals surface area contributed by atoms with Crippen LogP contribution in [0.1, 0.15) is 26.3 Å². The predicted octanol–water partition coefficient (Wildman–Crippen LogP) is 4.88. The molecule has 0 spiro atoms. The highest BCUT2D eigenvalue weighted by atomic mass is 35.5. The van der Waals surface area contributed by atoms with Crippen molar-refractivity contribution in [2.24, 2.45) is 10.7 Å². The molecule has 0 saturated carbocycles. The molecule has 0 radical (unpaired) electrons. The number of amidine groups is 1. The first kappa shape index (κ1) is 15.6. The molecule has 0 aliphatic heterocycles. The van der Waals surface area contributed by atoms with Crippen molar-refractivity contribution in [2.75, 3.05) is 5.88 Å². The first-order chi connectivity index (χ1) is 9.90. The maximum absolute atomic E-state index is 5.63. The highest BCUT2D eigenvalue weighted by molar-refractivity contribution is 6.28. The van der Waals surface area contributed by atoms with Gasteiger partial charge in [0.1, 0.15) is 5.84 Å². The fourth-order valence-corrected chi connectivity index (χ4v) is 2.15. The molecule has 2 nitrogen and oxygen atoms in total. The van der Waals surface area contributed by atoms with E-state index >= 15 is 0 Å². The van der Waals surface area contributed by atoms with E-state index in [-0.39, 0.29) is 11.3 Å². The summed E-state index contributed by atoms with van der Waals surface area (Å²) >= 11 is 5.62. The Balaban J connectivity index is 2.23. The van der Waals surface area contributed by atoms with Crippen LogP contribution < -0.4 is 5.73 Å². The molecule has 0 fully saturated rings. The molecule has 2 N–H and O–H groups in total. The molecule has 0 saturated heterocycles. The van der Waals surface area contributed by atoms with Gasteiger partial charge in [0, 0.05) is 0 Å². The summed E-state index contributed by atoms with van der Waals surface area (Å²) in [7, 11) is 0. The van der Waals surface area contributed by atoms with E-state index in [1.54, 1.807) is 0 Å². The van der Waals surface area contributed by atoms with Gasteiger partial charge < -0.3 is 5.73 Å². The van der Waals surface area contributed by atoms with Crippen molar-refractivity contribution in [1.29, 1.82) is 0 Å². The van der Waals surface area contributed by atoms with Crippen LogP contribution in [0.4, 0.5) is 5.69 Å². The lowest BCUT2D eigenvalue weighted by Crippen LogP contribution is -2.12. The molecule has 0 bridgehead atoms. The van der Waals surface area contributed by atoms with Gasteiger partial charge in [-0.05, 0) is 34.2 Å². The minimum atomic E-state index is 0.177. The Morgan fingerprint density at radius 2 is 1.43 bits per heavy atom. The maximum atomic E-state index is 5.63. The van der Waals surface area contributed by atoms with E-state index < -0.39 is 0 Å². The van der Waals surface area contributed by atoms with E-state index in [2.05, 4.69) is 50.0 Å². The van der Waals surface area contributed by atoms with Crippen molar-refractivity contribution >= 4 is 23.1 Å². The average Bonchev–Trinajstić information content (AvgIpc) is 2.47. The molecule has 0 aliphatic rings. The van der Waals surface area contributed by atoms with E-state index in [1.165, 1.54) is 16.7 Å². The van der Waals surface area contributed by atoms with E-state index in [9.17, 15) is 0 Å². The van der Waals surface area contributed by atoms with Gasteiger partial charge in [0.25, 0.3) is 0 Å². The molecule has 2 rings (SSSR count). The minimum Gasteiger partial charge on any atom is -0.386 e. The van der Waals surface area contributed by atoms with Gasteiger partial charge in [-0.25, -0.2) is 4.99 Å². The summed E-state index contributed by atoms with van der Waals surface area (Å²) in [6.07, 6.45) is 0. The molecular weight excluding hydrogens is 280 g/mol. The van der Waals surface area contributed by atoms with Crippen LogP contribution in [0.5, 0.6) is 0 Å². The second-order valence-electron chi connectivity index (χ2n) is 6.11. The molecule has 0 unspecified atom stereocenters. The van der Waals surface area contributed by atoms with Gasteiger partial charge in [0.2, 0.25) is 0 Å². The lowest BCUT2D eigenvalue weighted by Gasteiger charge is -2.19. The lowest BCUT2D eigenvalue weighted by molar-refractivity contribution is 0.590. The van der Waals surface area contributed by atoms with E-state index in [0.717, 1.165) is 5.69 Å². The van der Waals surface area contributed by atoms with Crippen molar-refractivity contribution in [3.63, 3.8) is 0 Å². The Kier molecular flexibility index (Phi) is 4.69. The van der Waals surface area contributed by atoms with E-state index in [0.29, 0.717) is 5.84 Å². The number of hydrogen-bond acceptors (Lipinski definition) is 1. The van der Waals surface area contributed by atoms with Crippen LogP contribution in [-0.4, -0.2) is 11.7 Å². The van der Waals surface area contributed by atoms with Crippen LogP contribution in [0.2, 0.25) is 0 Å². The lowest BCUT2D eigenvalue weighted by atomic mass is 9.86. The number of benzene rings is 2. The smallest absolute Gasteiger partial charge is 0.115 e. The van der Waals surface area contributed by atoms with Crippen molar-refractivity contribution in [3.8, 4) is 11.1 Å². The van der Waals surface area contributed by atoms with Crippen molar-refractivity contribution in [1.82, 2.24) is 0 Å². The molecule has 0 aromatic heterocycles. The molecule has 3 heteroatoms. The maximum Gasteiger partial charge on any atom is 0.115 e. The van der Waals surface area contributed by atoms with Gasteiger partial charge in [-0.2, -0.15) is 0 Å². The molecule has 2 aromatic rings. The van der Waals surface area contributed by atoms with E-state index in [4.69, 9.17) is 17.3 Å². The summed E-state index contributed by atoms with van der Waals surface area (Å²) in [5.41, 5.74) is 10.3. The molecule has 110 valence electrons. The normalized spacial score (nSPS) is 12.5. The van der Waals surface area contributed by atoms with Crippen LogP contribution in [-0.2, 0) is 5.41 Å². The molecule has 0 amide bonds. The van der Waals surface area contributed by atoms with Crippen molar-refractivity contribution in [3.05, 3.63) is 54.1 Å². The molecule has 21 heavy (non-hydrogen) atoms. The fraction of sp³-hybridized carbons (Fsp3) is 0.278. The number of hydrogen-bond donors (Lipinski definition) is 1. The number of rotatable bonds is 3. The Morgan fingerprint density at radius 3 is 1.86 bits per heavy atom. The number of alkyl halides is 1. The summed E-state index contributed by atoms with van der Waals surface area (Å²) in [6, 6.07) is 16.7. The van der Waals surface area contributed by atoms with Crippen LogP contribution in [0.25, 0.3) is 11.1 Å². The molecule has 0 aliphatic carbocycles. The van der Waals surface area contributed by atoms with Gasteiger partial charge in [-0.1, -0.05) is 57.2 Å². The summed E-state index contributed by atoms with van der Waals surface area (Å²) in [6.45, 7) is 6.66. The number of nitrogens with zero attached hydrogens (tertiary/aromatic N) is 1. The fourth-order valence-electron chi connectivity index (χ4n) is 2.09. The highest BCUT2D eigenvalue weighted by Gasteiger charge is 2.12. The second-order valence-corrected chi connectivity index (χ2v) is 6.38. The summed E-state index contributed by atoms with van der Waals surface area (Å²) in [5, 5.41) is 0. The van der Waals surface area contributed by atoms with Gasteiger partial charge >= 0.3 is 0 Å². The first-order valence-electron chi connectivity index (χ1n) is 7.00. The highest BCUT2D eigenvalue weighted by Crippen LogP contribution is 2.27. The molecule has 0 atom stereocenters. The van der Waals surface area contributed by atoms with Gasteiger partial charge in [-0.3, -0.25) is 0 Å². The molecule has 2 aromatic carbocycles. The zero-order valence-corrected chi connectivity index (χ0v) is 13.5. The standard InChI is InChI=1S/C18H21ClN2/c1-18(2,3)15-8-4-13(5-9-15)14-6-10-16(11-7-14)21-17(20)12-19/h4-11H,12H2,1-3H3,(H2,20,21). The van der Waals surface area contributed by atoms with Gasteiger partial charge in [-0.15, -0.1) is 11.6 Å². The molecule has 0 heterocycles. The Hall–Kier alpha value is -1.80. The largest absolute Gasteiger partial charge is 0.386 e. The molecular formula is C18H21ClN2. The number of aliphatic imine (C=N–C) groups is 1. The Morgan fingerprint density at radius 1 is 0.952 bits per heavy atom. The van der Waals surface area contributed by atoms with E-state index in [1.807, 2.05) is 24.3 Å². The zero-order chi connectivity index (χ0) is 15.5. The Labute approximate surface area is 131 Å². The third-order valence-electron chi connectivity index (χ3n) is 3.36. The van der Waals surface area contributed by atoms with Crippen LogP contribution in [0, 0.1) is 0 Å². The summed E-state index contributed by atoms with van der Waals surface area (Å²) in [4.78, 5) is 4.22. The second kappa shape index (κ2) is 6.31. The first-order valence-corrected chi connectivity index (χ1v) is 7.53. The SMILES string of the molecule is CC(C)(C)c1ccc(-c2ccc(N=C(N)CCl)cc2)cc1. The quantitative estimate of drug-likeness (QED) is 0.490. The van der Waals surface area contributed by atoms with Crippen LogP contribution >= 0.6 is 11.6 Å². The monoisotopic (exact) mass is 300 g/mol. The zero-order valence-electron chi connectivity index (χ0n) is 12.7. The number of nitrogens with two attached hydrogens (primary N) is 1. The third-order valence-corrected chi connectivity index (χ3v) is 3.64. The predicted molar refractivity (Wildman–Crippen MR) is 92.6 cm³/mol. The third kappa shape index (κ3) is 4.08. The van der Waals surface area contributed by atoms with Gasteiger partial charge in [0.15, 0.2) is 0 Å². The van der Waals surface area contributed by atoms with Crippen LogP contribution in [0.3, 0.4) is 0 Å². The van der Waals surface area contributed by atoms with Crippen molar-refractivity contribution in [2.45, 2.75) is 26.2 Å². The summed E-state index contributed by atoms with van der Waals surface area (Å²) in [5.74, 6) is 0.676. The average molecular weight is 301 g/mol. The number of halogens is 1.